The number of nitrogens with zero attached hydrogens (tertiary/aromatic N) is 2. The molecule has 1 saturated heterocycles. The van der Waals surface area contributed by atoms with Crippen LogP contribution in [0.3, 0.4) is 0 Å². The van der Waals surface area contributed by atoms with E-state index in [2.05, 4.69) is 23.9 Å². The summed E-state index contributed by atoms with van der Waals surface area (Å²) in [5, 5.41) is 0. The lowest BCUT2D eigenvalue weighted by Crippen LogP contribution is -2.44. The van der Waals surface area contributed by atoms with Crippen molar-refractivity contribution in [2.24, 2.45) is 0 Å². The highest BCUT2D eigenvalue weighted by Gasteiger charge is 2.22. The Hall–Kier alpha value is -1.13. The van der Waals surface area contributed by atoms with Gasteiger partial charge in [0.25, 0.3) is 0 Å². The summed E-state index contributed by atoms with van der Waals surface area (Å²) in [6.45, 7) is 2.79. The minimum absolute atomic E-state index is 0.203. The molecule has 1 unspecified atom stereocenters. The van der Waals surface area contributed by atoms with E-state index >= 15 is 0 Å². The molecule has 18 heavy (non-hydrogen) atoms. The van der Waals surface area contributed by atoms with Gasteiger partial charge in [0.1, 0.15) is 5.82 Å². The third kappa shape index (κ3) is 3.00. The van der Waals surface area contributed by atoms with E-state index < -0.39 is 0 Å². The first-order valence-electron chi connectivity index (χ1n) is 6.49. The van der Waals surface area contributed by atoms with Crippen molar-refractivity contribution in [2.45, 2.75) is 25.4 Å². The molecule has 0 aliphatic carbocycles. The van der Waals surface area contributed by atoms with Crippen molar-refractivity contribution in [3.63, 3.8) is 0 Å². The zero-order valence-electron chi connectivity index (χ0n) is 11.2. The Kier molecular flexibility index (Phi) is 4.19. The number of likely N-dealkylation sites (tertiary alicyclic amines) is 1. The van der Waals surface area contributed by atoms with Gasteiger partial charge in [-0.2, -0.15) is 0 Å². The van der Waals surface area contributed by atoms with Crippen LogP contribution in [0.25, 0.3) is 0 Å². The summed E-state index contributed by atoms with van der Waals surface area (Å²) in [6, 6.07) is 5.39. The highest BCUT2D eigenvalue weighted by Crippen LogP contribution is 2.21. The maximum absolute atomic E-state index is 13.7. The van der Waals surface area contributed by atoms with Crippen LogP contribution in [0, 0.1) is 5.82 Å². The standard InChI is InChI=1S/C14H22FN3/c1-17-8-4-5-11(9-17)18(2)10-12-13(15)6-3-7-14(12)16/h3,6-7,11H,4-5,8-10,16H2,1-2H3. The molecule has 3 nitrogen and oxygen atoms in total. The summed E-state index contributed by atoms with van der Waals surface area (Å²) >= 11 is 0. The number of nitrogen functional groups attached to an aromatic ring is 1. The summed E-state index contributed by atoms with van der Waals surface area (Å²) in [4.78, 5) is 4.54. The van der Waals surface area contributed by atoms with E-state index in [1.165, 1.54) is 18.9 Å². The second kappa shape index (κ2) is 5.67. The van der Waals surface area contributed by atoms with Crippen LogP contribution in [0.2, 0.25) is 0 Å². The van der Waals surface area contributed by atoms with Crippen LogP contribution in [0.5, 0.6) is 0 Å². The van der Waals surface area contributed by atoms with Crippen molar-refractivity contribution < 1.29 is 4.39 Å². The van der Waals surface area contributed by atoms with Gasteiger partial charge in [-0.05, 0) is 45.6 Å². The van der Waals surface area contributed by atoms with Crippen LogP contribution in [0.1, 0.15) is 18.4 Å². The summed E-state index contributed by atoms with van der Waals surface area (Å²) in [5.74, 6) is -0.203. The lowest BCUT2D eigenvalue weighted by atomic mass is 10.0. The largest absolute Gasteiger partial charge is 0.398 e. The van der Waals surface area contributed by atoms with E-state index in [-0.39, 0.29) is 5.82 Å². The summed E-state index contributed by atoms with van der Waals surface area (Å²) in [6.07, 6.45) is 2.38. The van der Waals surface area contributed by atoms with Crippen LogP contribution in [0.4, 0.5) is 10.1 Å². The van der Waals surface area contributed by atoms with Crippen LogP contribution in [-0.4, -0.2) is 43.0 Å². The zero-order chi connectivity index (χ0) is 13.1. The Morgan fingerprint density at radius 1 is 1.50 bits per heavy atom. The van der Waals surface area contributed by atoms with Crippen LogP contribution in [-0.2, 0) is 6.54 Å². The van der Waals surface area contributed by atoms with Gasteiger partial charge in [-0.3, -0.25) is 4.90 Å². The molecule has 0 radical (unpaired) electrons. The van der Waals surface area contributed by atoms with Crippen molar-refractivity contribution in [1.29, 1.82) is 0 Å². The van der Waals surface area contributed by atoms with Crippen LogP contribution < -0.4 is 5.73 Å². The van der Waals surface area contributed by atoms with E-state index in [1.54, 1.807) is 12.1 Å². The first kappa shape index (κ1) is 13.3. The molecule has 2 N–H and O–H groups in total. The SMILES string of the molecule is CN1CCCC(N(C)Cc2c(N)cccc2F)C1. The number of likely N-dealkylation sites (N-methyl/N-ethyl adjacent to an activating group) is 2. The average molecular weight is 251 g/mol. The third-order valence-electron chi connectivity index (χ3n) is 3.79. The summed E-state index contributed by atoms with van der Waals surface area (Å²) in [5.41, 5.74) is 7.02. The molecule has 1 heterocycles. The lowest BCUT2D eigenvalue weighted by molar-refractivity contribution is 0.128. The van der Waals surface area contributed by atoms with Gasteiger partial charge in [-0.15, -0.1) is 0 Å². The Morgan fingerprint density at radius 2 is 2.28 bits per heavy atom. The molecule has 0 bridgehead atoms. The van der Waals surface area contributed by atoms with Gasteiger partial charge in [0.15, 0.2) is 0 Å². The maximum Gasteiger partial charge on any atom is 0.129 e. The van der Waals surface area contributed by atoms with E-state index in [4.69, 9.17) is 5.73 Å². The zero-order valence-corrected chi connectivity index (χ0v) is 11.2. The normalized spacial score (nSPS) is 21.4. The minimum atomic E-state index is -0.203. The predicted octanol–water partition coefficient (Wildman–Crippen LogP) is 1.93. The molecular weight excluding hydrogens is 229 g/mol. The quantitative estimate of drug-likeness (QED) is 0.833. The number of piperidine rings is 1. The van der Waals surface area contributed by atoms with Gasteiger partial charge in [0.05, 0.1) is 0 Å². The van der Waals surface area contributed by atoms with E-state index in [0.717, 1.165) is 13.1 Å². The Morgan fingerprint density at radius 3 is 2.94 bits per heavy atom. The predicted molar refractivity (Wildman–Crippen MR) is 72.8 cm³/mol. The number of benzene rings is 1. The minimum Gasteiger partial charge on any atom is -0.398 e. The fourth-order valence-electron chi connectivity index (χ4n) is 2.62. The molecule has 1 aromatic carbocycles. The highest BCUT2D eigenvalue weighted by atomic mass is 19.1. The van der Waals surface area contributed by atoms with Crippen molar-refractivity contribution in [2.75, 3.05) is 32.9 Å². The molecule has 1 atom stereocenters. The molecule has 2 rings (SSSR count). The van der Waals surface area contributed by atoms with Gasteiger partial charge >= 0.3 is 0 Å². The van der Waals surface area contributed by atoms with Crippen molar-refractivity contribution in [3.05, 3.63) is 29.6 Å². The summed E-state index contributed by atoms with van der Waals surface area (Å²) in [7, 11) is 4.19. The third-order valence-corrected chi connectivity index (χ3v) is 3.79. The smallest absolute Gasteiger partial charge is 0.129 e. The number of rotatable bonds is 3. The monoisotopic (exact) mass is 251 g/mol. The van der Waals surface area contributed by atoms with E-state index in [9.17, 15) is 4.39 Å². The first-order valence-corrected chi connectivity index (χ1v) is 6.49. The molecule has 0 aromatic heterocycles. The number of nitrogens with two attached hydrogens (primary N) is 1. The fraction of sp³-hybridized carbons (Fsp3) is 0.571. The molecule has 100 valence electrons. The van der Waals surface area contributed by atoms with Gasteiger partial charge < -0.3 is 10.6 Å². The van der Waals surface area contributed by atoms with Crippen LogP contribution in [0.15, 0.2) is 18.2 Å². The van der Waals surface area contributed by atoms with Crippen molar-refractivity contribution in [1.82, 2.24) is 9.80 Å². The lowest BCUT2D eigenvalue weighted by Gasteiger charge is -2.36. The Labute approximate surface area is 108 Å². The van der Waals surface area contributed by atoms with E-state index in [0.29, 0.717) is 23.8 Å². The second-order valence-corrected chi connectivity index (χ2v) is 5.28. The van der Waals surface area contributed by atoms with Crippen molar-refractivity contribution in [3.8, 4) is 0 Å². The van der Waals surface area contributed by atoms with Crippen molar-refractivity contribution >= 4 is 5.69 Å². The first-order chi connectivity index (χ1) is 8.58. The van der Waals surface area contributed by atoms with Gasteiger partial charge in [-0.1, -0.05) is 6.07 Å². The average Bonchev–Trinajstić information content (AvgIpc) is 2.34. The molecule has 1 aliphatic rings. The molecule has 1 aromatic rings. The fourth-order valence-corrected chi connectivity index (χ4v) is 2.62. The number of hydrogen-bond donors (Lipinski definition) is 1. The second-order valence-electron chi connectivity index (χ2n) is 5.28. The molecule has 1 fully saturated rings. The number of halogens is 1. The highest BCUT2D eigenvalue weighted by molar-refractivity contribution is 5.47. The molecule has 0 amide bonds. The molecule has 0 spiro atoms. The maximum atomic E-state index is 13.7. The molecule has 1 aliphatic heterocycles. The Bertz CT molecular complexity index is 388. The molecule has 4 heteroatoms. The summed E-state index contributed by atoms with van der Waals surface area (Å²) < 4.78 is 13.7. The number of hydrogen-bond acceptors (Lipinski definition) is 3. The van der Waals surface area contributed by atoms with Gasteiger partial charge in [0, 0.05) is 30.4 Å². The topological polar surface area (TPSA) is 32.5 Å². The molecular formula is C14H22FN3. The van der Waals surface area contributed by atoms with Gasteiger partial charge in [-0.25, -0.2) is 4.39 Å². The molecule has 0 saturated carbocycles. The van der Waals surface area contributed by atoms with E-state index in [1.807, 2.05) is 0 Å². The number of anilines is 1. The van der Waals surface area contributed by atoms with Gasteiger partial charge in [0.2, 0.25) is 0 Å². The Balaban J connectivity index is 2.04. The van der Waals surface area contributed by atoms with Crippen LogP contribution >= 0.6 is 0 Å².